The van der Waals surface area contributed by atoms with E-state index in [2.05, 4.69) is 5.32 Å². The Bertz CT molecular complexity index is 275. The van der Waals surface area contributed by atoms with Gasteiger partial charge in [0.2, 0.25) is 0 Å². The summed E-state index contributed by atoms with van der Waals surface area (Å²) in [5, 5.41) is 24.3. The largest absolute Gasteiger partial charge is 0.390 e. The molecule has 0 bridgehead atoms. The summed E-state index contributed by atoms with van der Waals surface area (Å²) in [5.41, 5.74) is 0.846. The lowest BCUT2D eigenvalue weighted by molar-refractivity contribution is 0.0139. The summed E-state index contributed by atoms with van der Waals surface area (Å²) in [7, 11) is 1.83. The molecule has 0 aliphatic rings. The smallest absolute Gasteiger partial charge is 0.106 e. The van der Waals surface area contributed by atoms with Crippen molar-refractivity contribution in [1.82, 2.24) is 5.32 Å². The summed E-state index contributed by atoms with van der Waals surface area (Å²) in [6, 6.07) is 1.87. The molecule has 14 heavy (non-hydrogen) atoms. The van der Waals surface area contributed by atoms with E-state index in [0.717, 1.165) is 10.4 Å². The molecule has 1 heterocycles. The van der Waals surface area contributed by atoms with E-state index in [9.17, 15) is 10.2 Å². The Balaban J connectivity index is 2.56. The number of hydrogen-bond donors (Lipinski definition) is 3. The summed E-state index contributed by atoms with van der Waals surface area (Å²) in [4.78, 5) is 1.07. The summed E-state index contributed by atoms with van der Waals surface area (Å²) in [6.07, 6.45) is -0.877. The third-order valence-electron chi connectivity index (χ3n) is 2.27. The van der Waals surface area contributed by atoms with Crippen LogP contribution in [-0.4, -0.2) is 29.9 Å². The molecule has 3 N–H and O–H groups in total. The second-order valence-corrected chi connectivity index (χ2v) is 4.46. The SMILES string of the molecule is CNCCC(O)C(O)c1ccsc1C. The molecule has 0 aliphatic heterocycles. The Labute approximate surface area is 88.4 Å². The molecule has 0 radical (unpaired) electrons. The van der Waals surface area contributed by atoms with Gasteiger partial charge in [-0.25, -0.2) is 0 Å². The van der Waals surface area contributed by atoms with Crippen molar-refractivity contribution in [3.8, 4) is 0 Å². The van der Waals surface area contributed by atoms with Gasteiger partial charge in [-0.3, -0.25) is 0 Å². The number of aliphatic hydroxyl groups is 2. The van der Waals surface area contributed by atoms with Crippen LogP contribution >= 0.6 is 11.3 Å². The van der Waals surface area contributed by atoms with E-state index in [0.29, 0.717) is 13.0 Å². The predicted molar refractivity (Wildman–Crippen MR) is 58.6 cm³/mol. The summed E-state index contributed by atoms with van der Waals surface area (Å²) in [6.45, 7) is 2.66. The van der Waals surface area contributed by atoms with Crippen molar-refractivity contribution in [2.24, 2.45) is 0 Å². The topological polar surface area (TPSA) is 52.5 Å². The standard InChI is InChI=1S/C10H17NO2S/c1-7-8(4-6-14-7)10(13)9(12)3-5-11-2/h4,6,9-13H,3,5H2,1-2H3. The molecule has 0 amide bonds. The van der Waals surface area contributed by atoms with Gasteiger partial charge >= 0.3 is 0 Å². The molecule has 1 aromatic rings. The average molecular weight is 215 g/mol. The maximum Gasteiger partial charge on any atom is 0.106 e. The zero-order valence-electron chi connectivity index (χ0n) is 8.53. The molecule has 0 aliphatic carbocycles. The van der Waals surface area contributed by atoms with E-state index in [1.165, 1.54) is 0 Å². The fourth-order valence-corrected chi connectivity index (χ4v) is 2.10. The van der Waals surface area contributed by atoms with Gasteiger partial charge in [0.15, 0.2) is 0 Å². The number of rotatable bonds is 5. The van der Waals surface area contributed by atoms with E-state index in [4.69, 9.17) is 0 Å². The second-order valence-electron chi connectivity index (χ2n) is 3.34. The van der Waals surface area contributed by atoms with E-state index in [1.54, 1.807) is 11.3 Å². The Hall–Kier alpha value is -0.420. The number of hydrogen-bond acceptors (Lipinski definition) is 4. The van der Waals surface area contributed by atoms with Gasteiger partial charge in [0, 0.05) is 4.88 Å². The molecule has 80 valence electrons. The van der Waals surface area contributed by atoms with Crippen LogP contribution in [0.5, 0.6) is 0 Å². The van der Waals surface area contributed by atoms with Crippen molar-refractivity contribution >= 4 is 11.3 Å². The van der Waals surface area contributed by atoms with Crippen LogP contribution in [0.2, 0.25) is 0 Å². The lowest BCUT2D eigenvalue weighted by Gasteiger charge is -2.17. The number of aryl methyl sites for hydroxylation is 1. The third kappa shape index (κ3) is 2.78. The highest BCUT2D eigenvalue weighted by Crippen LogP contribution is 2.25. The molecule has 0 fully saturated rings. The van der Waals surface area contributed by atoms with Crippen LogP contribution in [0, 0.1) is 6.92 Å². The Morgan fingerprint density at radius 1 is 1.50 bits per heavy atom. The molecule has 3 nitrogen and oxygen atoms in total. The molecular formula is C10H17NO2S. The lowest BCUT2D eigenvalue weighted by atomic mass is 10.0. The van der Waals surface area contributed by atoms with Crippen LogP contribution in [0.4, 0.5) is 0 Å². The first-order valence-corrected chi connectivity index (χ1v) is 5.59. The van der Waals surface area contributed by atoms with Crippen LogP contribution in [0.1, 0.15) is 23.0 Å². The van der Waals surface area contributed by atoms with E-state index in [1.807, 2.05) is 25.4 Å². The van der Waals surface area contributed by atoms with Crippen molar-refractivity contribution < 1.29 is 10.2 Å². The second kappa shape index (κ2) is 5.46. The molecule has 0 saturated heterocycles. The molecule has 2 unspecified atom stereocenters. The highest BCUT2D eigenvalue weighted by atomic mass is 32.1. The first-order chi connectivity index (χ1) is 6.66. The van der Waals surface area contributed by atoms with Crippen LogP contribution in [0.3, 0.4) is 0 Å². The summed E-state index contributed by atoms with van der Waals surface area (Å²) >= 11 is 1.59. The molecule has 0 saturated carbocycles. The van der Waals surface area contributed by atoms with Gasteiger partial charge in [0.1, 0.15) is 6.10 Å². The summed E-state index contributed by atoms with van der Waals surface area (Å²) in [5.74, 6) is 0. The summed E-state index contributed by atoms with van der Waals surface area (Å²) < 4.78 is 0. The molecule has 0 spiro atoms. The minimum Gasteiger partial charge on any atom is -0.390 e. The molecule has 1 aromatic heterocycles. The Kier molecular flexibility index (Phi) is 4.54. The Morgan fingerprint density at radius 3 is 2.71 bits per heavy atom. The highest BCUT2D eigenvalue weighted by Gasteiger charge is 2.19. The fourth-order valence-electron chi connectivity index (χ4n) is 1.36. The van der Waals surface area contributed by atoms with Crippen molar-refractivity contribution in [3.05, 3.63) is 21.9 Å². The van der Waals surface area contributed by atoms with Crippen molar-refractivity contribution in [2.75, 3.05) is 13.6 Å². The van der Waals surface area contributed by atoms with Crippen molar-refractivity contribution in [3.63, 3.8) is 0 Å². The van der Waals surface area contributed by atoms with Gasteiger partial charge in [0.05, 0.1) is 6.10 Å². The molecule has 2 atom stereocenters. The molecular weight excluding hydrogens is 198 g/mol. The quantitative estimate of drug-likeness (QED) is 0.688. The highest BCUT2D eigenvalue weighted by molar-refractivity contribution is 7.10. The monoisotopic (exact) mass is 215 g/mol. The van der Waals surface area contributed by atoms with Gasteiger partial charge in [-0.05, 0) is 43.9 Å². The lowest BCUT2D eigenvalue weighted by Crippen LogP contribution is -2.23. The zero-order chi connectivity index (χ0) is 10.6. The van der Waals surface area contributed by atoms with Crippen LogP contribution in [-0.2, 0) is 0 Å². The number of nitrogens with one attached hydrogen (secondary N) is 1. The Morgan fingerprint density at radius 2 is 2.21 bits per heavy atom. The molecule has 0 aromatic carbocycles. The maximum atomic E-state index is 9.81. The van der Waals surface area contributed by atoms with Crippen LogP contribution in [0.15, 0.2) is 11.4 Å². The van der Waals surface area contributed by atoms with Crippen molar-refractivity contribution in [1.29, 1.82) is 0 Å². The minimum absolute atomic E-state index is 0.562. The number of thiophene rings is 1. The van der Waals surface area contributed by atoms with Gasteiger partial charge in [-0.15, -0.1) is 11.3 Å². The van der Waals surface area contributed by atoms with Crippen LogP contribution < -0.4 is 5.32 Å². The first-order valence-electron chi connectivity index (χ1n) is 4.71. The van der Waals surface area contributed by atoms with Crippen molar-refractivity contribution in [2.45, 2.75) is 25.6 Å². The normalized spacial score (nSPS) is 15.4. The van der Waals surface area contributed by atoms with Gasteiger partial charge in [-0.2, -0.15) is 0 Å². The van der Waals surface area contributed by atoms with E-state index >= 15 is 0 Å². The predicted octanol–water partition coefficient (Wildman–Crippen LogP) is 1.06. The average Bonchev–Trinajstić information content (AvgIpc) is 2.59. The van der Waals surface area contributed by atoms with Gasteiger partial charge in [-0.1, -0.05) is 0 Å². The van der Waals surface area contributed by atoms with E-state index < -0.39 is 12.2 Å². The molecule has 4 heteroatoms. The molecule has 1 rings (SSSR count). The minimum atomic E-state index is -0.755. The van der Waals surface area contributed by atoms with Crippen LogP contribution in [0.25, 0.3) is 0 Å². The fraction of sp³-hybridized carbons (Fsp3) is 0.600. The van der Waals surface area contributed by atoms with E-state index in [-0.39, 0.29) is 0 Å². The first kappa shape index (κ1) is 11.7. The van der Waals surface area contributed by atoms with Gasteiger partial charge < -0.3 is 15.5 Å². The maximum absolute atomic E-state index is 9.81. The van der Waals surface area contributed by atoms with Gasteiger partial charge in [0.25, 0.3) is 0 Å². The zero-order valence-corrected chi connectivity index (χ0v) is 9.34. The third-order valence-corrected chi connectivity index (χ3v) is 3.13. The number of aliphatic hydroxyl groups excluding tert-OH is 2.